The Morgan fingerprint density at radius 3 is 2.17 bits per heavy atom. The van der Waals surface area contributed by atoms with Gasteiger partial charge in [-0.1, -0.05) is 54.1 Å². The summed E-state index contributed by atoms with van der Waals surface area (Å²) in [5.41, 5.74) is 1.26. The molecule has 2 aromatic rings. The van der Waals surface area contributed by atoms with Gasteiger partial charge in [-0.05, 0) is 24.7 Å². The second-order valence-electron chi connectivity index (χ2n) is 5.08. The van der Waals surface area contributed by atoms with Crippen molar-refractivity contribution in [2.45, 2.75) is 19.1 Å². The van der Waals surface area contributed by atoms with Crippen LogP contribution in [0.4, 0.5) is 0 Å². The van der Waals surface area contributed by atoms with Crippen LogP contribution >= 0.6 is 11.6 Å². The van der Waals surface area contributed by atoms with Crippen LogP contribution in [0.5, 0.6) is 0 Å². The Hall–Kier alpha value is -2.17. The fraction of sp³-hybridized carbons (Fsp3) is 0.222. The van der Waals surface area contributed by atoms with Crippen LogP contribution in [-0.2, 0) is 9.53 Å². The first-order valence-corrected chi connectivity index (χ1v) is 7.60. The van der Waals surface area contributed by atoms with E-state index in [0.29, 0.717) is 16.1 Å². The number of hydrogen-bond donors (Lipinski definition) is 1. The molecule has 0 saturated carbocycles. The van der Waals surface area contributed by atoms with Gasteiger partial charge in [0, 0.05) is 17.5 Å². The number of ether oxygens (including phenoxy) is 1. The predicted molar refractivity (Wildman–Crippen MR) is 89.6 cm³/mol. The molecule has 0 aliphatic rings. The summed E-state index contributed by atoms with van der Waals surface area (Å²) >= 11 is 5.90. The van der Waals surface area contributed by atoms with Crippen LogP contribution in [0.1, 0.15) is 28.9 Å². The van der Waals surface area contributed by atoms with Crippen LogP contribution in [-0.4, -0.2) is 24.8 Å². The van der Waals surface area contributed by atoms with E-state index in [1.165, 1.54) is 6.92 Å². The van der Waals surface area contributed by atoms with Gasteiger partial charge in [0.2, 0.25) is 0 Å². The van der Waals surface area contributed by atoms with Gasteiger partial charge in [-0.15, -0.1) is 0 Å². The number of benzene rings is 2. The molecule has 0 aliphatic heterocycles. The number of halogens is 1. The zero-order chi connectivity index (χ0) is 16.8. The Kier molecular flexibility index (Phi) is 5.90. The summed E-state index contributed by atoms with van der Waals surface area (Å²) in [6, 6.07) is 15.1. The molecule has 2 rings (SSSR count). The minimum absolute atomic E-state index is 0.144. The Morgan fingerprint density at radius 1 is 1.04 bits per heavy atom. The van der Waals surface area contributed by atoms with Crippen LogP contribution in [0.25, 0.3) is 0 Å². The van der Waals surface area contributed by atoms with Crippen molar-refractivity contribution in [3.05, 3.63) is 70.7 Å². The van der Waals surface area contributed by atoms with E-state index < -0.39 is 18.1 Å². The normalized spacial score (nSPS) is 13.2. The molecule has 0 heterocycles. The molecule has 0 spiro atoms. The monoisotopic (exact) mass is 331 g/mol. The Morgan fingerprint density at radius 2 is 1.65 bits per heavy atom. The summed E-state index contributed by atoms with van der Waals surface area (Å²) in [6.07, 6.45) is -0.734. The number of hydrogen-bond acceptors (Lipinski definition) is 4. The number of esters is 1. The van der Waals surface area contributed by atoms with Crippen molar-refractivity contribution in [3.63, 3.8) is 0 Å². The number of rotatable bonds is 6. The Balaban J connectivity index is 2.37. The minimum Gasteiger partial charge on any atom is -0.455 e. The van der Waals surface area contributed by atoms with Gasteiger partial charge < -0.3 is 10.1 Å². The number of likely N-dealkylation sites (N-methyl/N-ethyl adjacent to an activating group) is 1. The van der Waals surface area contributed by atoms with E-state index in [-0.39, 0.29) is 5.78 Å². The van der Waals surface area contributed by atoms with Crippen molar-refractivity contribution in [2.24, 2.45) is 0 Å². The molecule has 0 aliphatic carbocycles. The first-order valence-electron chi connectivity index (χ1n) is 7.22. The van der Waals surface area contributed by atoms with Gasteiger partial charge >= 0.3 is 5.97 Å². The Bertz CT molecular complexity index is 670. The maximum Gasteiger partial charge on any atom is 0.303 e. The summed E-state index contributed by atoms with van der Waals surface area (Å²) in [7, 11) is 1.66. The number of nitrogens with one attached hydrogen (secondary N) is 1. The van der Waals surface area contributed by atoms with Crippen molar-refractivity contribution < 1.29 is 14.3 Å². The minimum atomic E-state index is -0.734. The van der Waals surface area contributed by atoms with Crippen LogP contribution in [0.2, 0.25) is 5.02 Å². The number of ketones is 1. The highest BCUT2D eigenvalue weighted by Crippen LogP contribution is 2.25. The van der Waals surface area contributed by atoms with Crippen LogP contribution in [0.15, 0.2) is 54.6 Å². The molecule has 5 heteroatoms. The molecule has 2 aromatic carbocycles. The summed E-state index contributed by atoms with van der Waals surface area (Å²) in [4.78, 5) is 24.2. The van der Waals surface area contributed by atoms with Gasteiger partial charge in [-0.3, -0.25) is 9.59 Å². The zero-order valence-electron chi connectivity index (χ0n) is 13.0. The quantitative estimate of drug-likeness (QED) is 0.651. The molecule has 2 atom stereocenters. The summed E-state index contributed by atoms with van der Waals surface area (Å²) in [6.45, 7) is 1.32. The van der Waals surface area contributed by atoms with Crippen molar-refractivity contribution >= 4 is 23.4 Å². The standard InChI is InChI=1S/C18H18ClNO3/c1-12(21)23-18(14-8-10-15(19)11-9-14)16(20-2)17(22)13-6-4-3-5-7-13/h3-11,16,18,20H,1-2H3. The van der Waals surface area contributed by atoms with Crippen LogP contribution in [0, 0.1) is 0 Å². The Labute approximate surface area is 140 Å². The zero-order valence-corrected chi connectivity index (χ0v) is 13.7. The molecule has 0 radical (unpaired) electrons. The molecule has 0 aromatic heterocycles. The molecular formula is C18H18ClNO3. The molecule has 120 valence electrons. The topological polar surface area (TPSA) is 55.4 Å². The molecule has 0 saturated heterocycles. The molecule has 2 unspecified atom stereocenters. The van der Waals surface area contributed by atoms with Gasteiger partial charge in [0.1, 0.15) is 12.1 Å². The van der Waals surface area contributed by atoms with Gasteiger partial charge in [-0.25, -0.2) is 0 Å². The first kappa shape index (κ1) is 17.2. The maximum absolute atomic E-state index is 12.8. The second-order valence-corrected chi connectivity index (χ2v) is 5.51. The third-order valence-corrected chi connectivity index (χ3v) is 3.70. The first-order chi connectivity index (χ1) is 11.0. The lowest BCUT2D eigenvalue weighted by atomic mass is 9.95. The number of Topliss-reactive ketones (excluding diaryl/α,β-unsaturated/α-hetero) is 1. The SMILES string of the molecule is CNC(C(=O)c1ccccc1)C(OC(C)=O)c1ccc(Cl)cc1. The molecular weight excluding hydrogens is 314 g/mol. The molecule has 1 N–H and O–H groups in total. The maximum atomic E-state index is 12.8. The van der Waals surface area contributed by atoms with Crippen molar-refractivity contribution in [3.8, 4) is 0 Å². The summed E-state index contributed by atoms with van der Waals surface area (Å²) in [5.74, 6) is -0.597. The molecule has 4 nitrogen and oxygen atoms in total. The van der Waals surface area contributed by atoms with E-state index in [4.69, 9.17) is 16.3 Å². The lowest BCUT2D eigenvalue weighted by Gasteiger charge is -2.26. The average Bonchev–Trinajstić information content (AvgIpc) is 2.55. The smallest absolute Gasteiger partial charge is 0.303 e. The van der Waals surface area contributed by atoms with Crippen molar-refractivity contribution in [1.29, 1.82) is 0 Å². The summed E-state index contributed by atoms with van der Waals surface area (Å²) < 4.78 is 5.41. The average molecular weight is 332 g/mol. The van der Waals surface area contributed by atoms with Crippen LogP contribution < -0.4 is 5.32 Å². The fourth-order valence-electron chi connectivity index (χ4n) is 2.36. The van der Waals surface area contributed by atoms with Gasteiger partial charge in [0.05, 0.1) is 0 Å². The number of carbonyl (C=O) groups is 2. The lowest BCUT2D eigenvalue weighted by Crippen LogP contribution is -2.41. The fourth-order valence-corrected chi connectivity index (χ4v) is 2.49. The van der Waals surface area contributed by atoms with Gasteiger partial charge in [-0.2, -0.15) is 0 Å². The summed E-state index contributed by atoms with van der Waals surface area (Å²) in [5, 5.41) is 3.53. The lowest BCUT2D eigenvalue weighted by molar-refractivity contribution is -0.147. The van der Waals surface area contributed by atoms with Crippen molar-refractivity contribution in [1.82, 2.24) is 5.32 Å². The van der Waals surface area contributed by atoms with E-state index >= 15 is 0 Å². The highest BCUT2D eigenvalue weighted by Gasteiger charge is 2.31. The van der Waals surface area contributed by atoms with Crippen LogP contribution in [0.3, 0.4) is 0 Å². The van der Waals surface area contributed by atoms with E-state index in [1.807, 2.05) is 6.07 Å². The predicted octanol–water partition coefficient (Wildman–Crippen LogP) is 3.42. The molecule has 0 amide bonds. The number of carbonyl (C=O) groups excluding carboxylic acids is 2. The van der Waals surface area contributed by atoms with E-state index in [0.717, 1.165) is 0 Å². The second kappa shape index (κ2) is 7.90. The molecule has 23 heavy (non-hydrogen) atoms. The largest absolute Gasteiger partial charge is 0.455 e. The molecule has 0 bridgehead atoms. The van der Waals surface area contributed by atoms with E-state index in [9.17, 15) is 9.59 Å². The highest BCUT2D eigenvalue weighted by molar-refractivity contribution is 6.30. The third kappa shape index (κ3) is 4.41. The van der Waals surface area contributed by atoms with E-state index in [2.05, 4.69) is 5.32 Å². The molecule has 0 fully saturated rings. The highest BCUT2D eigenvalue weighted by atomic mass is 35.5. The van der Waals surface area contributed by atoms with E-state index in [1.54, 1.807) is 55.6 Å². The third-order valence-electron chi connectivity index (χ3n) is 3.45. The van der Waals surface area contributed by atoms with Gasteiger partial charge in [0.25, 0.3) is 0 Å². The van der Waals surface area contributed by atoms with Gasteiger partial charge in [0.15, 0.2) is 5.78 Å². The van der Waals surface area contributed by atoms with Crippen molar-refractivity contribution in [2.75, 3.05) is 7.05 Å².